The topological polar surface area (TPSA) is 47.1 Å². The molecule has 1 unspecified atom stereocenters. The summed E-state index contributed by atoms with van der Waals surface area (Å²) in [5.41, 5.74) is 4.34. The lowest BCUT2D eigenvalue weighted by Crippen LogP contribution is -2.34. The predicted octanol–water partition coefficient (Wildman–Crippen LogP) is 5.27. The molecule has 0 amide bonds. The van der Waals surface area contributed by atoms with Gasteiger partial charge in [0.15, 0.2) is 0 Å². The van der Waals surface area contributed by atoms with Crippen molar-refractivity contribution < 1.29 is 14.2 Å². The summed E-state index contributed by atoms with van der Waals surface area (Å²) < 4.78 is 16.4. The molecule has 2 heterocycles. The molecule has 6 heteroatoms. The van der Waals surface area contributed by atoms with Crippen LogP contribution in [0.5, 0.6) is 17.4 Å². The van der Waals surface area contributed by atoms with Gasteiger partial charge >= 0.3 is 0 Å². The molecule has 1 aromatic heterocycles. The van der Waals surface area contributed by atoms with Crippen LogP contribution in [-0.4, -0.2) is 51.5 Å². The first-order chi connectivity index (χ1) is 16.1. The van der Waals surface area contributed by atoms with Gasteiger partial charge < -0.3 is 24.0 Å². The maximum atomic E-state index is 5.62. The van der Waals surface area contributed by atoms with Crippen molar-refractivity contribution >= 4 is 11.4 Å². The molecule has 1 fully saturated rings. The van der Waals surface area contributed by atoms with Gasteiger partial charge in [0.1, 0.15) is 11.5 Å². The Labute approximate surface area is 196 Å². The SMILES string of the molecule is CCOc1ccc(-c2nc(OC)ccc2N2CCC(C)N(c3ccc(OC)cc3)CC2)cc1. The fourth-order valence-electron chi connectivity index (χ4n) is 4.35. The van der Waals surface area contributed by atoms with Gasteiger partial charge in [-0.25, -0.2) is 4.98 Å². The number of aromatic nitrogens is 1. The number of pyridine rings is 1. The zero-order valence-electron chi connectivity index (χ0n) is 20.0. The second-order valence-electron chi connectivity index (χ2n) is 8.19. The third-order valence-corrected chi connectivity index (χ3v) is 6.20. The highest BCUT2D eigenvalue weighted by Crippen LogP contribution is 2.34. The van der Waals surface area contributed by atoms with E-state index in [0.29, 0.717) is 18.5 Å². The first kappa shape index (κ1) is 22.8. The molecule has 0 N–H and O–H groups in total. The van der Waals surface area contributed by atoms with E-state index in [1.807, 2.05) is 37.3 Å². The zero-order valence-corrected chi connectivity index (χ0v) is 20.0. The maximum Gasteiger partial charge on any atom is 0.213 e. The van der Waals surface area contributed by atoms with E-state index < -0.39 is 0 Å². The molecule has 1 saturated heterocycles. The molecule has 4 rings (SSSR count). The van der Waals surface area contributed by atoms with E-state index in [2.05, 4.69) is 47.1 Å². The average Bonchev–Trinajstić information content (AvgIpc) is 3.06. The first-order valence-electron chi connectivity index (χ1n) is 11.6. The highest BCUT2D eigenvalue weighted by molar-refractivity contribution is 5.76. The Morgan fingerprint density at radius 2 is 1.58 bits per heavy atom. The molecular formula is C27H33N3O3. The third kappa shape index (κ3) is 5.16. The van der Waals surface area contributed by atoms with Crippen LogP contribution in [0.1, 0.15) is 20.3 Å². The normalized spacial score (nSPS) is 16.3. The lowest BCUT2D eigenvalue weighted by atomic mass is 10.1. The van der Waals surface area contributed by atoms with Gasteiger partial charge in [0.2, 0.25) is 5.88 Å². The number of anilines is 2. The van der Waals surface area contributed by atoms with E-state index in [-0.39, 0.29) is 0 Å². The van der Waals surface area contributed by atoms with Crippen LogP contribution >= 0.6 is 0 Å². The standard InChI is InChI=1S/C27H33N3O3/c1-5-33-24-10-6-21(7-11-24)27-25(14-15-26(28-27)32-4)29-17-16-20(2)30(19-18-29)22-8-12-23(31-3)13-9-22/h6-15,20H,5,16-19H2,1-4H3. The van der Waals surface area contributed by atoms with Gasteiger partial charge in [-0.3, -0.25) is 0 Å². The molecular weight excluding hydrogens is 414 g/mol. The molecule has 2 aromatic carbocycles. The molecule has 3 aromatic rings. The third-order valence-electron chi connectivity index (χ3n) is 6.20. The Morgan fingerprint density at radius 1 is 0.848 bits per heavy atom. The van der Waals surface area contributed by atoms with Crippen LogP contribution in [0.4, 0.5) is 11.4 Å². The van der Waals surface area contributed by atoms with E-state index in [0.717, 1.165) is 54.5 Å². The van der Waals surface area contributed by atoms with Crippen molar-refractivity contribution in [2.24, 2.45) is 0 Å². The van der Waals surface area contributed by atoms with Crippen molar-refractivity contribution in [2.45, 2.75) is 26.3 Å². The van der Waals surface area contributed by atoms with Crippen LogP contribution in [0.3, 0.4) is 0 Å². The average molecular weight is 448 g/mol. The van der Waals surface area contributed by atoms with Crippen molar-refractivity contribution in [3.05, 3.63) is 60.7 Å². The Morgan fingerprint density at radius 3 is 2.24 bits per heavy atom. The number of nitrogens with zero attached hydrogens (tertiary/aromatic N) is 3. The van der Waals surface area contributed by atoms with Crippen LogP contribution in [0.25, 0.3) is 11.3 Å². The van der Waals surface area contributed by atoms with E-state index >= 15 is 0 Å². The van der Waals surface area contributed by atoms with Gasteiger partial charge in [-0.1, -0.05) is 0 Å². The van der Waals surface area contributed by atoms with Gasteiger partial charge in [0.25, 0.3) is 0 Å². The van der Waals surface area contributed by atoms with Crippen molar-refractivity contribution in [1.82, 2.24) is 4.98 Å². The maximum absolute atomic E-state index is 5.62. The van der Waals surface area contributed by atoms with E-state index in [4.69, 9.17) is 19.2 Å². The molecule has 0 aliphatic carbocycles. The minimum atomic E-state index is 0.434. The Kier molecular flexibility index (Phi) is 7.23. The molecule has 174 valence electrons. The molecule has 6 nitrogen and oxygen atoms in total. The second-order valence-corrected chi connectivity index (χ2v) is 8.19. The molecule has 1 aliphatic rings. The summed E-state index contributed by atoms with van der Waals surface area (Å²) in [4.78, 5) is 9.75. The summed E-state index contributed by atoms with van der Waals surface area (Å²) in [5.74, 6) is 2.36. The molecule has 33 heavy (non-hydrogen) atoms. The van der Waals surface area contributed by atoms with Crippen molar-refractivity contribution in [1.29, 1.82) is 0 Å². The number of hydrogen-bond acceptors (Lipinski definition) is 6. The first-order valence-corrected chi connectivity index (χ1v) is 11.6. The van der Waals surface area contributed by atoms with Gasteiger partial charge in [-0.15, -0.1) is 0 Å². The molecule has 0 saturated carbocycles. The Balaban J connectivity index is 1.60. The lowest BCUT2D eigenvalue weighted by Gasteiger charge is -2.29. The minimum Gasteiger partial charge on any atom is -0.497 e. The predicted molar refractivity (Wildman–Crippen MR) is 134 cm³/mol. The van der Waals surface area contributed by atoms with Crippen LogP contribution in [0.2, 0.25) is 0 Å². The molecule has 0 radical (unpaired) electrons. The number of ether oxygens (including phenoxy) is 3. The van der Waals surface area contributed by atoms with Gasteiger partial charge in [0.05, 0.1) is 32.2 Å². The summed E-state index contributed by atoms with van der Waals surface area (Å²) in [7, 11) is 3.36. The quantitative estimate of drug-likeness (QED) is 0.492. The van der Waals surface area contributed by atoms with Crippen LogP contribution in [0, 0.1) is 0 Å². The summed E-state index contributed by atoms with van der Waals surface area (Å²) in [6.45, 7) is 7.75. The minimum absolute atomic E-state index is 0.434. The molecule has 0 bridgehead atoms. The number of rotatable bonds is 7. The van der Waals surface area contributed by atoms with E-state index in [1.54, 1.807) is 14.2 Å². The number of hydrogen-bond donors (Lipinski definition) is 0. The van der Waals surface area contributed by atoms with Crippen molar-refractivity contribution in [2.75, 3.05) is 50.3 Å². The fourth-order valence-corrected chi connectivity index (χ4v) is 4.35. The monoisotopic (exact) mass is 447 g/mol. The molecule has 1 aliphatic heterocycles. The Hall–Kier alpha value is -3.41. The van der Waals surface area contributed by atoms with Gasteiger partial charge in [-0.2, -0.15) is 0 Å². The highest BCUT2D eigenvalue weighted by atomic mass is 16.5. The van der Waals surface area contributed by atoms with E-state index in [9.17, 15) is 0 Å². The summed E-state index contributed by atoms with van der Waals surface area (Å²) in [6.07, 6.45) is 1.06. The van der Waals surface area contributed by atoms with Gasteiger partial charge in [0, 0.05) is 43.0 Å². The van der Waals surface area contributed by atoms with Crippen molar-refractivity contribution in [3.8, 4) is 28.6 Å². The molecule has 0 spiro atoms. The van der Waals surface area contributed by atoms with E-state index in [1.165, 1.54) is 5.69 Å². The number of benzene rings is 2. The zero-order chi connectivity index (χ0) is 23.2. The molecule has 1 atom stereocenters. The highest BCUT2D eigenvalue weighted by Gasteiger charge is 2.24. The fraction of sp³-hybridized carbons (Fsp3) is 0.370. The summed E-state index contributed by atoms with van der Waals surface area (Å²) in [5, 5.41) is 0. The second kappa shape index (κ2) is 10.5. The summed E-state index contributed by atoms with van der Waals surface area (Å²) in [6, 6.07) is 21.0. The van der Waals surface area contributed by atoms with Gasteiger partial charge in [-0.05, 0) is 74.9 Å². The largest absolute Gasteiger partial charge is 0.497 e. The smallest absolute Gasteiger partial charge is 0.213 e. The van der Waals surface area contributed by atoms with Crippen molar-refractivity contribution in [3.63, 3.8) is 0 Å². The van der Waals surface area contributed by atoms with Crippen LogP contribution < -0.4 is 24.0 Å². The summed E-state index contributed by atoms with van der Waals surface area (Å²) >= 11 is 0. The van der Waals surface area contributed by atoms with Crippen LogP contribution in [0.15, 0.2) is 60.7 Å². The lowest BCUT2D eigenvalue weighted by molar-refractivity contribution is 0.340. The van der Waals surface area contributed by atoms with Crippen LogP contribution in [-0.2, 0) is 0 Å². The Bertz CT molecular complexity index is 1040. The number of methoxy groups -OCH3 is 2.